The van der Waals surface area contributed by atoms with Crippen molar-refractivity contribution in [3.05, 3.63) is 59.7 Å². The molecule has 0 aliphatic rings. The minimum absolute atomic E-state index is 0.328. The highest BCUT2D eigenvalue weighted by Gasteiger charge is 2.02. The molecular formula is C17H19NO4. The van der Waals surface area contributed by atoms with Crippen LogP contribution in [-0.2, 0) is 17.9 Å². The van der Waals surface area contributed by atoms with Gasteiger partial charge in [-0.3, -0.25) is 0 Å². The summed E-state index contributed by atoms with van der Waals surface area (Å²) in [7, 11) is 1.66. The summed E-state index contributed by atoms with van der Waals surface area (Å²) >= 11 is 0. The molecule has 2 N–H and O–H groups in total. The van der Waals surface area contributed by atoms with E-state index in [4.69, 9.17) is 14.6 Å². The number of para-hydroxylation sites is 1. The molecule has 116 valence electrons. The summed E-state index contributed by atoms with van der Waals surface area (Å²) in [5.41, 5.74) is 2.20. The Morgan fingerprint density at radius 1 is 1.09 bits per heavy atom. The lowest BCUT2D eigenvalue weighted by Crippen LogP contribution is -2.13. The largest absolute Gasteiger partial charge is 0.496 e. The van der Waals surface area contributed by atoms with Gasteiger partial charge in [0.05, 0.1) is 7.11 Å². The minimum Gasteiger partial charge on any atom is -0.496 e. The monoisotopic (exact) mass is 301 g/mol. The first kappa shape index (κ1) is 15.9. The van der Waals surface area contributed by atoms with Crippen molar-refractivity contribution < 1.29 is 19.4 Å². The quantitative estimate of drug-likeness (QED) is 0.784. The Kier molecular flexibility index (Phi) is 5.80. The lowest BCUT2D eigenvalue weighted by molar-refractivity contribution is -0.139. The minimum atomic E-state index is -0.984. The molecule has 0 spiro atoms. The normalized spacial score (nSPS) is 10.2. The molecule has 0 fully saturated rings. The zero-order valence-corrected chi connectivity index (χ0v) is 12.4. The van der Waals surface area contributed by atoms with Gasteiger partial charge in [-0.25, -0.2) is 4.79 Å². The highest BCUT2D eigenvalue weighted by atomic mass is 16.5. The third kappa shape index (κ3) is 4.79. The topological polar surface area (TPSA) is 67.8 Å². The summed E-state index contributed by atoms with van der Waals surface area (Å²) in [5, 5.41) is 11.9. The van der Waals surface area contributed by atoms with Gasteiger partial charge in [-0.05, 0) is 23.8 Å². The molecule has 0 radical (unpaired) electrons. The molecule has 2 aromatic rings. The van der Waals surface area contributed by atoms with Crippen LogP contribution in [0.3, 0.4) is 0 Å². The number of carboxylic acid groups (broad SMARTS) is 1. The Hall–Kier alpha value is -2.53. The Labute approximate surface area is 129 Å². The summed E-state index contributed by atoms with van der Waals surface area (Å²) < 4.78 is 10.4. The van der Waals surface area contributed by atoms with Gasteiger partial charge in [-0.1, -0.05) is 30.3 Å². The van der Waals surface area contributed by atoms with Crippen molar-refractivity contribution >= 4 is 5.97 Å². The second-order valence-corrected chi connectivity index (χ2v) is 4.74. The first-order valence-corrected chi connectivity index (χ1v) is 6.95. The van der Waals surface area contributed by atoms with E-state index < -0.39 is 5.97 Å². The van der Waals surface area contributed by atoms with Crippen LogP contribution in [0.2, 0.25) is 0 Å². The van der Waals surface area contributed by atoms with Crippen molar-refractivity contribution in [1.29, 1.82) is 0 Å². The van der Waals surface area contributed by atoms with Crippen LogP contribution in [0.5, 0.6) is 11.5 Å². The molecule has 0 saturated carbocycles. The molecule has 0 atom stereocenters. The zero-order chi connectivity index (χ0) is 15.8. The van der Waals surface area contributed by atoms with E-state index in [9.17, 15) is 4.79 Å². The van der Waals surface area contributed by atoms with E-state index in [1.807, 2.05) is 36.4 Å². The van der Waals surface area contributed by atoms with Crippen molar-refractivity contribution in [3.63, 3.8) is 0 Å². The van der Waals surface area contributed by atoms with Gasteiger partial charge >= 0.3 is 5.97 Å². The van der Waals surface area contributed by atoms with Crippen molar-refractivity contribution in [1.82, 2.24) is 5.32 Å². The molecule has 5 heteroatoms. The number of methoxy groups -OCH3 is 1. The van der Waals surface area contributed by atoms with E-state index in [1.54, 1.807) is 19.2 Å². The van der Waals surface area contributed by atoms with Gasteiger partial charge in [0, 0.05) is 18.7 Å². The van der Waals surface area contributed by atoms with Crippen LogP contribution in [0, 0.1) is 0 Å². The SMILES string of the molecule is COc1ccccc1CNCc1ccc(OCC(=O)O)cc1. The summed E-state index contributed by atoms with van der Waals surface area (Å²) in [5.74, 6) is 0.436. The fourth-order valence-corrected chi connectivity index (χ4v) is 2.04. The molecule has 22 heavy (non-hydrogen) atoms. The highest BCUT2D eigenvalue weighted by Crippen LogP contribution is 2.17. The number of carboxylic acids is 1. The third-order valence-corrected chi connectivity index (χ3v) is 3.12. The first-order chi connectivity index (χ1) is 10.7. The highest BCUT2D eigenvalue weighted by molar-refractivity contribution is 5.68. The predicted molar refractivity (Wildman–Crippen MR) is 83.1 cm³/mol. The van der Waals surface area contributed by atoms with Crippen LogP contribution in [0.25, 0.3) is 0 Å². The molecule has 5 nitrogen and oxygen atoms in total. The third-order valence-electron chi connectivity index (χ3n) is 3.12. The first-order valence-electron chi connectivity index (χ1n) is 6.95. The maximum Gasteiger partial charge on any atom is 0.341 e. The van der Waals surface area contributed by atoms with E-state index in [0.717, 1.165) is 16.9 Å². The standard InChI is InChI=1S/C17H19NO4/c1-21-16-5-3-2-4-14(16)11-18-10-13-6-8-15(9-7-13)22-12-17(19)20/h2-9,18H,10-12H2,1H3,(H,19,20). The summed E-state index contributed by atoms with van der Waals surface area (Å²) in [6, 6.07) is 15.2. The number of ether oxygens (including phenoxy) is 2. The van der Waals surface area contributed by atoms with Gasteiger partial charge in [0.1, 0.15) is 11.5 Å². The van der Waals surface area contributed by atoms with Gasteiger partial charge in [-0.2, -0.15) is 0 Å². The van der Waals surface area contributed by atoms with Crippen molar-refractivity contribution in [2.24, 2.45) is 0 Å². The number of rotatable bonds is 8. The van der Waals surface area contributed by atoms with Crippen LogP contribution >= 0.6 is 0 Å². The van der Waals surface area contributed by atoms with Crippen LogP contribution < -0.4 is 14.8 Å². The Balaban J connectivity index is 1.83. The molecule has 0 saturated heterocycles. The smallest absolute Gasteiger partial charge is 0.341 e. The van der Waals surface area contributed by atoms with E-state index >= 15 is 0 Å². The molecule has 0 aliphatic carbocycles. The molecule has 0 bridgehead atoms. The molecule has 2 rings (SSSR count). The number of hydrogen-bond acceptors (Lipinski definition) is 4. The fourth-order valence-electron chi connectivity index (χ4n) is 2.04. The molecule has 0 heterocycles. The Morgan fingerprint density at radius 3 is 2.50 bits per heavy atom. The molecule has 0 amide bonds. The molecule has 0 unspecified atom stereocenters. The number of aliphatic carboxylic acids is 1. The van der Waals surface area contributed by atoms with Crippen molar-refractivity contribution in [3.8, 4) is 11.5 Å². The molecule has 0 aromatic heterocycles. The average Bonchev–Trinajstić information content (AvgIpc) is 2.54. The molecular weight excluding hydrogens is 282 g/mol. The maximum absolute atomic E-state index is 10.4. The number of nitrogens with one attached hydrogen (secondary N) is 1. The Morgan fingerprint density at radius 2 is 1.82 bits per heavy atom. The van der Waals surface area contributed by atoms with Gasteiger partial charge < -0.3 is 19.9 Å². The van der Waals surface area contributed by atoms with E-state index in [1.165, 1.54) is 0 Å². The van der Waals surface area contributed by atoms with E-state index in [0.29, 0.717) is 18.8 Å². The summed E-state index contributed by atoms with van der Waals surface area (Å²) in [4.78, 5) is 10.4. The summed E-state index contributed by atoms with van der Waals surface area (Å²) in [6.45, 7) is 1.09. The lowest BCUT2D eigenvalue weighted by atomic mass is 10.2. The van der Waals surface area contributed by atoms with Crippen molar-refractivity contribution in [2.75, 3.05) is 13.7 Å². The van der Waals surface area contributed by atoms with E-state index in [-0.39, 0.29) is 6.61 Å². The van der Waals surface area contributed by atoms with E-state index in [2.05, 4.69) is 5.32 Å². The maximum atomic E-state index is 10.4. The van der Waals surface area contributed by atoms with Gasteiger partial charge in [0.2, 0.25) is 0 Å². The second kappa shape index (κ2) is 8.05. The van der Waals surface area contributed by atoms with Gasteiger partial charge in [-0.15, -0.1) is 0 Å². The predicted octanol–water partition coefficient (Wildman–Crippen LogP) is 2.45. The Bertz CT molecular complexity index is 610. The lowest BCUT2D eigenvalue weighted by Gasteiger charge is -2.10. The van der Waals surface area contributed by atoms with Crippen LogP contribution in [0.1, 0.15) is 11.1 Å². The molecule has 2 aromatic carbocycles. The fraction of sp³-hybridized carbons (Fsp3) is 0.235. The van der Waals surface area contributed by atoms with Crippen molar-refractivity contribution in [2.45, 2.75) is 13.1 Å². The molecule has 0 aliphatic heterocycles. The van der Waals surface area contributed by atoms with Crippen LogP contribution in [0.15, 0.2) is 48.5 Å². The zero-order valence-electron chi connectivity index (χ0n) is 12.4. The summed E-state index contributed by atoms with van der Waals surface area (Å²) in [6.07, 6.45) is 0. The van der Waals surface area contributed by atoms with Crippen LogP contribution in [0.4, 0.5) is 0 Å². The van der Waals surface area contributed by atoms with Gasteiger partial charge in [0.25, 0.3) is 0 Å². The number of hydrogen-bond donors (Lipinski definition) is 2. The average molecular weight is 301 g/mol. The van der Waals surface area contributed by atoms with Gasteiger partial charge in [0.15, 0.2) is 6.61 Å². The number of carbonyl (C=O) groups is 1. The number of benzene rings is 2. The van der Waals surface area contributed by atoms with Crippen LogP contribution in [-0.4, -0.2) is 24.8 Å². The second-order valence-electron chi connectivity index (χ2n) is 4.74.